The third kappa shape index (κ3) is 4.22. The molecular formula is C21H26N2O3S. The van der Waals surface area contributed by atoms with Crippen LogP contribution in [0.1, 0.15) is 49.9 Å². The normalized spacial score (nSPS) is 15.3. The first-order chi connectivity index (χ1) is 12.8. The van der Waals surface area contributed by atoms with E-state index in [9.17, 15) is 13.2 Å². The summed E-state index contributed by atoms with van der Waals surface area (Å²) in [7, 11) is -3.65. The summed E-state index contributed by atoms with van der Waals surface area (Å²) >= 11 is 0. The second kappa shape index (κ2) is 7.82. The van der Waals surface area contributed by atoms with Gasteiger partial charge in [0.2, 0.25) is 15.9 Å². The Morgan fingerprint density at radius 3 is 2.52 bits per heavy atom. The molecule has 0 bridgehead atoms. The second-order valence-corrected chi connectivity index (χ2v) is 8.72. The number of rotatable bonds is 5. The third-order valence-electron chi connectivity index (χ3n) is 5.08. The smallest absolute Gasteiger partial charge is 0.241 e. The van der Waals surface area contributed by atoms with Crippen molar-refractivity contribution in [1.29, 1.82) is 0 Å². The number of carbonyl (C=O) groups excluding carboxylic acids is 1. The van der Waals surface area contributed by atoms with Crippen molar-refractivity contribution < 1.29 is 13.2 Å². The lowest BCUT2D eigenvalue weighted by molar-refractivity contribution is -0.116. The number of nitrogens with zero attached hydrogens (tertiary/aromatic N) is 1. The molecular weight excluding hydrogens is 360 g/mol. The van der Waals surface area contributed by atoms with Gasteiger partial charge in [-0.2, -0.15) is 0 Å². The van der Waals surface area contributed by atoms with E-state index >= 15 is 0 Å². The molecule has 1 atom stereocenters. The van der Waals surface area contributed by atoms with Gasteiger partial charge >= 0.3 is 0 Å². The van der Waals surface area contributed by atoms with Gasteiger partial charge in [0.25, 0.3) is 0 Å². The number of amides is 1. The Morgan fingerprint density at radius 1 is 1.19 bits per heavy atom. The largest absolute Gasteiger partial charge is 0.312 e. The van der Waals surface area contributed by atoms with Gasteiger partial charge in [0.15, 0.2) is 0 Å². The summed E-state index contributed by atoms with van der Waals surface area (Å²) in [6.45, 7) is 6.14. The van der Waals surface area contributed by atoms with Gasteiger partial charge in [-0.1, -0.05) is 31.2 Å². The third-order valence-corrected chi connectivity index (χ3v) is 6.62. The van der Waals surface area contributed by atoms with Crippen molar-refractivity contribution >= 4 is 21.6 Å². The van der Waals surface area contributed by atoms with E-state index in [1.807, 2.05) is 31.2 Å². The summed E-state index contributed by atoms with van der Waals surface area (Å²) in [5.41, 5.74) is 3.87. The number of hydrogen-bond acceptors (Lipinski definition) is 3. The van der Waals surface area contributed by atoms with Gasteiger partial charge in [-0.3, -0.25) is 4.79 Å². The molecule has 0 spiro atoms. The van der Waals surface area contributed by atoms with Crippen molar-refractivity contribution in [1.82, 2.24) is 4.72 Å². The summed E-state index contributed by atoms with van der Waals surface area (Å²) in [5, 5.41) is 0. The van der Waals surface area contributed by atoms with E-state index in [0.717, 1.165) is 36.1 Å². The summed E-state index contributed by atoms with van der Waals surface area (Å²) in [6.07, 6.45) is 2.56. The lowest BCUT2D eigenvalue weighted by atomic mass is 10.0. The van der Waals surface area contributed by atoms with Crippen LogP contribution >= 0.6 is 0 Å². The van der Waals surface area contributed by atoms with E-state index in [-0.39, 0.29) is 16.8 Å². The molecule has 0 fully saturated rings. The number of benzene rings is 2. The van der Waals surface area contributed by atoms with Gasteiger partial charge in [-0.15, -0.1) is 0 Å². The predicted molar refractivity (Wildman–Crippen MR) is 107 cm³/mol. The topological polar surface area (TPSA) is 66.5 Å². The van der Waals surface area contributed by atoms with Crippen molar-refractivity contribution in [3.8, 4) is 0 Å². The molecule has 3 rings (SSSR count). The molecule has 0 aliphatic carbocycles. The maximum Gasteiger partial charge on any atom is 0.241 e. The SMILES string of the molecule is CCc1ccc([C@@H](C)NS(=O)(=O)c2ccc3c(c2)CCCN3C(C)=O)cc1. The van der Waals surface area contributed by atoms with Gasteiger partial charge in [0.05, 0.1) is 4.90 Å². The Morgan fingerprint density at radius 2 is 1.89 bits per heavy atom. The summed E-state index contributed by atoms with van der Waals surface area (Å²) in [6, 6.07) is 12.7. The van der Waals surface area contributed by atoms with E-state index < -0.39 is 10.0 Å². The first-order valence-electron chi connectivity index (χ1n) is 9.34. The zero-order chi connectivity index (χ0) is 19.6. The molecule has 1 amide bonds. The van der Waals surface area contributed by atoms with E-state index in [1.165, 1.54) is 12.5 Å². The van der Waals surface area contributed by atoms with Gasteiger partial charge in [0, 0.05) is 25.2 Å². The van der Waals surface area contributed by atoms with Crippen molar-refractivity contribution in [2.75, 3.05) is 11.4 Å². The fourth-order valence-corrected chi connectivity index (χ4v) is 4.76. The summed E-state index contributed by atoms with van der Waals surface area (Å²) in [5.74, 6) is -0.0196. The fraction of sp³-hybridized carbons (Fsp3) is 0.381. The predicted octanol–water partition coefficient (Wildman–Crippen LogP) is 3.59. The first kappa shape index (κ1) is 19.6. The molecule has 144 valence electrons. The molecule has 0 radical (unpaired) electrons. The second-order valence-electron chi connectivity index (χ2n) is 7.00. The number of anilines is 1. The summed E-state index contributed by atoms with van der Waals surface area (Å²) < 4.78 is 28.5. The molecule has 1 aliphatic rings. The Labute approximate surface area is 161 Å². The molecule has 0 saturated heterocycles. The van der Waals surface area contributed by atoms with Crippen LogP contribution in [0.3, 0.4) is 0 Å². The molecule has 0 aromatic heterocycles. The van der Waals surface area contributed by atoms with Crippen molar-refractivity contribution in [3.05, 3.63) is 59.2 Å². The summed E-state index contributed by atoms with van der Waals surface area (Å²) in [4.78, 5) is 13.7. The van der Waals surface area contributed by atoms with Crippen molar-refractivity contribution in [2.45, 2.75) is 51.0 Å². The molecule has 27 heavy (non-hydrogen) atoms. The highest BCUT2D eigenvalue weighted by atomic mass is 32.2. The number of nitrogens with one attached hydrogen (secondary N) is 1. The van der Waals surface area contributed by atoms with E-state index in [1.54, 1.807) is 23.1 Å². The highest BCUT2D eigenvalue weighted by molar-refractivity contribution is 7.89. The Hall–Kier alpha value is -2.18. The molecule has 1 heterocycles. The fourth-order valence-electron chi connectivity index (χ4n) is 3.48. The van der Waals surface area contributed by atoms with Gasteiger partial charge < -0.3 is 4.90 Å². The van der Waals surface area contributed by atoms with Gasteiger partial charge in [0.1, 0.15) is 0 Å². The van der Waals surface area contributed by atoms with Crippen LogP contribution < -0.4 is 9.62 Å². The van der Waals surface area contributed by atoms with Crippen LogP contribution in [0.15, 0.2) is 47.4 Å². The molecule has 6 heteroatoms. The van der Waals surface area contributed by atoms with Crippen LogP contribution in [-0.2, 0) is 27.7 Å². The van der Waals surface area contributed by atoms with Crippen LogP contribution in [0.5, 0.6) is 0 Å². The highest BCUT2D eigenvalue weighted by Crippen LogP contribution is 2.30. The minimum atomic E-state index is -3.65. The van der Waals surface area contributed by atoms with Crippen molar-refractivity contribution in [3.63, 3.8) is 0 Å². The number of carbonyl (C=O) groups is 1. The van der Waals surface area contributed by atoms with Gasteiger partial charge in [-0.05, 0) is 61.1 Å². The van der Waals surface area contributed by atoms with E-state index in [2.05, 4.69) is 11.6 Å². The molecule has 0 unspecified atom stereocenters. The lowest BCUT2D eigenvalue weighted by Crippen LogP contribution is -2.34. The van der Waals surface area contributed by atoms with E-state index in [0.29, 0.717) is 6.54 Å². The first-order valence-corrected chi connectivity index (χ1v) is 10.8. The minimum Gasteiger partial charge on any atom is -0.312 e. The van der Waals surface area contributed by atoms with Gasteiger partial charge in [-0.25, -0.2) is 13.1 Å². The maximum atomic E-state index is 12.8. The highest BCUT2D eigenvalue weighted by Gasteiger charge is 2.24. The maximum absolute atomic E-state index is 12.8. The Kier molecular flexibility index (Phi) is 5.67. The molecule has 5 nitrogen and oxygen atoms in total. The molecule has 0 saturated carbocycles. The monoisotopic (exact) mass is 386 g/mol. The van der Waals surface area contributed by atoms with Crippen LogP contribution in [-0.4, -0.2) is 20.9 Å². The number of hydrogen-bond donors (Lipinski definition) is 1. The molecule has 2 aromatic rings. The minimum absolute atomic E-state index is 0.0196. The molecule has 2 aromatic carbocycles. The zero-order valence-electron chi connectivity index (χ0n) is 16.0. The standard InChI is InChI=1S/C21H26N2O3S/c1-4-17-7-9-18(10-8-17)15(2)22-27(25,26)20-11-12-21-19(14-20)6-5-13-23(21)16(3)24/h7-12,14-15,22H,4-6,13H2,1-3H3/t15-/m1/s1. The Balaban J connectivity index is 1.83. The Bertz CT molecular complexity index is 936. The quantitative estimate of drug-likeness (QED) is 0.854. The molecule has 1 aliphatic heterocycles. The lowest BCUT2D eigenvalue weighted by Gasteiger charge is -2.29. The van der Waals surface area contributed by atoms with Crippen molar-refractivity contribution in [2.24, 2.45) is 0 Å². The average Bonchev–Trinajstić information content (AvgIpc) is 2.66. The number of sulfonamides is 1. The van der Waals surface area contributed by atoms with E-state index in [4.69, 9.17) is 0 Å². The van der Waals surface area contributed by atoms with Crippen LogP contribution in [0.25, 0.3) is 0 Å². The molecule has 1 N–H and O–H groups in total. The van der Waals surface area contributed by atoms with Crippen LogP contribution in [0.2, 0.25) is 0 Å². The number of aryl methyl sites for hydroxylation is 2. The van der Waals surface area contributed by atoms with Crippen LogP contribution in [0, 0.1) is 0 Å². The average molecular weight is 387 g/mol. The number of fused-ring (bicyclic) bond motifs is 1. The van der Waals surface area contributed by atoms with Crippen LogP contribution in [0.4, 0.5) is 5.69 Å². The zero-order valence-corrected chi connectivity index (χ0v) is 16.8.